The summed E-state index contributed by atoms with van der Waals surface area (Å²) in [6.07, 6.45) is 3.69. The highest BCUT2D eigenvalue weighted by Crippen LogP contribution is 2.33. The lowest BCUT2D eigenvalue weighted by Gasteiger charge is -2.24. The van der Waals surface area contributed by atoms with Crippen molar-refractivity contribution in [2.75, 3.05) is 19.8 Å². The zero-order valence-electron chi connectivity index (χ0n) is 11.4. The van der Waals surface area contributed by atoms with E-state index in [1.54, 1.807) is 0 Å². The van der Waals surface area contributed by atoms with Gasteiger partial charge in [-0.05, 0) is 32.3 Å². The fraction of sp³-hybridized carbons (Fsp3) is 0.600. The topological polar surface area (TPSA) is 27.7 Å². The van der Waals surface area contributed by atoms with Gasteiger partial charge in [-0.25, -0.2) is 0 Å². The van der Waals surface area contributed by atoms with Gasteiger partial charge in [-0.3, -0.25) is 0 Å². The fourth-order valence-corrected chi connectivity index (χ4v) is 2.66. The largest absolute Gasteiger partial charge is 0.490 e. The molecule has 4 heteroatoms. The molecule has 0 radical (unpaired) electrons. The van der Waals surface area contributed by atoms with Crippen LogP contribution in [0.2, 0.25) is 0 Å². The van der Waals surface area contributed by atoms with Crippen molar-refractivity contribution in [2.24, 2.45) is 0 Å². The van der Waals surface area contributed by atoms with E-state index < -0.39 is 0 Å². The van der Waals surface area contributed by atoms with E-state index in [0.29, 0.717) is 13.2 Å². The Labute approximate surface area is 123 Å². The average molecular weight is 329 g/mol. The first-order valence-electron chi connectivity index (χ1n) is 6.90. The molecule has 1 fully saturated rings. The van der Waals surface area contributed by atoms with E-state index in [-0.39, 0.29) is 6.10 Å². The number of alkyl halides is 1. The van der Waals surface area contributed by atoms with Gasteiger partial charge in [0.2, 0.25) is 0 Å². The number of ether oxygens (including phenoxy) is 3. The van der Waals surface area contributed by atoms with Crippen LogP contribution in [-0.2, 0) is 10.1 Å². The van der Waals surface area contributed by atoms with Gasteiger partial charge in [0.25, 0.3) is 0 Å². The smallest absolute Gasteiger partial charge is 0.165 e. The Morgan fingerprint density at radius 1 is 1.32 bits per heavy atom. The zero-order valence-corrected chi connectivity index (χ0v) is 12.9. The maximum Gasteiger partial charge on any atom is 0.165 e. The molecular formula is C15H21BrO3. The van der Waals surface area contributed by atoms with Gasteiger partial charge in [-0.15, -0.1) is 0 Å². The van der Waals surface area contributed by atoms with Gasteiger partial charge in [0.1, 0.15) is 6.61 Å². The van der Waals surface area contributed by atoms with Crippen LogP contribution in [-0.4, -0.2) is 25.9 Å². The highest BCUT2D eigenvalue weighted by molar-refractivity contribution is 9.08. The van der Waals surface area contributed by atoms with E-state index in [0.717, 1.165) is 35.4 Å². The molecule has 1 aliphatic heterocycles. The molecular weight excluding hydrogens is 308 g/mol. The molecule has 0 aromatic heterocycles. The third-order valence-electron chi connectivity index (χ3n) is 3.19. The lowest BCUT2D eigenvalue weighted by atomic mass is 10.1. The van der Waals surface area contributed by atoms with Crippen LogP contribution in [0.15, 0.2) is 18.2 Å². The Morgan fingerprint density at radius 3 is 2.89 bits per heavy atom. The van der Waals surface area contributed by atoms with Crippen LogP contribution >= 0.6 is 15.9 Å². The molecule has 0 amide bonds. The Balaban J connectivity index is 2.03. The summed E-state index contributed by atoms with van der Waals surface area (Å²) in [5.41, 5.74) is 1.11. The normalized spacial score (nSPS) is 19.2. The lowest BCUT2D eigenvalue weighted by Crippen LogP contribution is -2.26. The number of rotatable bonds is 6. The van der Waals surface area contributed by atoms with E-state index in [9.17, 15) is 0 Å². The number of halogens is 1. The quantitative estimate of drug-likeness (QED) is 0.740. The SMILES string of the molecule is CCOc1cccc(CBr)c1OCC1CCCCO1. The molecule has 19 heavy (non-hydrogen) atoms. The van der Waals surface area contributed by atoms with E-state index in [1.165, 1.54) is 12.8 Å². The maximum absolute atomic E-state index is 5.97. The molecule has 1 saturated heterocycles. The maximum atomic E-state index is 5.97. The summed E-state index contributed by atoms with van der Waals surface area (Å²) >= 11 is 3.49. The monoisotopic (exact) mass is 328 g/mol. The minimum atomic E-state index is 0.214. The molecule has 0 saturated carbocycles. The average Bonchev–Trinajstić information content (AvgIpc) is 2.47. The molecule has 1 aromatic carbocycles. The molecule has 0 spiro atoms. The summed E-state index contributed by atoms with van der Waals surface area (Å²) in [6.45, 7) is 4.08. The van der Waals surface area contributed by atoms with E-state index in [2.05, 4.69) is 15.9 Å². The molecule has 1 unspecified atom stereocenters. The van der Waals surface area contributed by atoms with Gasteiger partial charge in [0, 0.05) is 17.5 Å². The minimum Gasteiger partial charge on any atom is -0.490 e. The van der Waals surface area contributed by atoms with Gasteiger partial charge < -0.3 is 14.2 Å². The predicted molar refractivity (Wildman–Crippen MR) is 79.3 cm³/mol. The van der Waals surface area contributed by atoms with Gasteiger partial charge >= 0.3 is 0 Å². The number of hydrogen-bond acceptors (Lipinski definition) is 3. The molecule has 3 nitrogen and oxygen atoms in total. The van der Waals surface area contributed by atoms with E-state index >= 15 is 0 Å². The van der Waals surface area contributed by atoms with Crippen LogP contribution in [0, 0.1) is 0 Å². The Kier molecular flexibility index (Phi) is 5.98. The van der Waals surface area contributed by atoms with Crippen molar-refractivity contribution in [3.05, 3.63) is 23.8 Å². The number of benzene rings is 1. The Hall–Kier alpha value is -0.740. The van der Waals surface area contributed by atoms with Crippen molar-refractivity contribution in [3.8, 4) is 11.5 Å². The Bertz CT molecular complexity index is 389. The minimum absolute atomic E-state index is 0.214. The summed E-state index contributed by atoms with van der Waals surface area (Å²) in [5.74, 6) is 1.66. The first kappa shape index (κ1) is 14.7. The van der Waals surface area contributed by atoms with Crippen LogP contribution in [0.3, 0.4) is 0 Å². The second kappa shape index (κ2) is 7.75. The van der Waals surface area contributed by atoms with E-state index in [1.807, 2.05) is 25.1 Å². The molecule has 1 aliphatic rings. The molecule has 1 heterocycles. The van der Waals surface area contributed by atoms with Crippen molar-refractivity contribution in [1.29, 1.82) is 0 Å². The van der Waals surface area contributed by atoms with Gasteiger partial charge in [-0.2, -0.15) is 0 Å². The zero-order chi connectivity index (χ0) is 13.5. The second-order valence-corrected chi connectivity index (χ2v) is 5.17. The highest BCUT2D eigenvalue weighted by Gasteiger charge is 2.17. The third kappa shape index (κ3) is 4.11. The summed E-state index contributed by atoms with van der Waals surface area (Å²) < 4.78 is 17.3. The molecule has 0 aliphatic carbocycles. The molecule has 0 N–H and O–H groups in total. The van der Waals surface area contributed by atoms with Crippen LogP contribution in [0.5, 0.6) is 11.5 Å². The molecule has 1 atom stereocenters. The van der Waals surface area contributed by atoms with Crippen LogP contribution in [0.25, 0.3) is 0 Å². The first-order chi connectivity index (χ1) is 9.35. The Morgan fingerprint density at radius 2 is 2.21 bits per heavy atom. The van der Waals surface area contributed by atoms with Crippen LogP contribution in [0.1, 0.15) is 31.7 Å². The van der Waals surface area contributed by atoms with Gasteiger partial charge in [0.05, 0.1) is 12.7 Å². The lowest BCUT2D eigenvalue weighted by molar-refractivity contribution is -0.0116. The molecule has 0 bridgehead atoms. The van der Waals surface area contributed by atoms with Crippen LogP contribution < -0.4 is 9.47 Å². The van der Waals surface area contributed by atoms with E-state index in [4.69, 9.17) is 14.2 Å². The van der Waals surface area contributed by atoms with Gasteiger partial charge in [-0.1, -0.05) is 28.1 Å². The summed E-state index contributed by atoms with van der Waals surface area (Å²) in [6, 6.07) is 5.99. The summed E-state index contributed by atoms with van der Waals surface area (Å²) in [4.78, 5) is 0. The standard InChI is InChI=1S/C15H21BrO3/c1-2-17-14-8-5-6-12(10-16)15(14)19-11-13-7-3-4-9-18-13/h5-6,8,13H,2-4,7,9-11H2,1H3. The highest BCUT2D eigenvalue weighted by atomic mass is 79.9. The second-order valence-electron chi connectivity index (χ2n) is 4.61. The molecule has 1 aromatic rings. The predicted octanol–water partition coefficient (Wildman–Crippen LogP) is 3.93. The summed E-state index contributed by atoms with van der Waals surface area (Å²) in [7, 11) is 0. The first-order valence-corrected chi connectivity index (χ1v) is 8.02. The van der Waals surface area contributed by atoms with Crippen LogP contribution in [0.4, 0.5) is 0 Å². The third-order valence-corrected chi connectivity index (χ3v) is 3.80. The molecule has 2 rings (SSSR count). The van der Waals surface area contributed by atoms with Crippen molar-refractivity contribution < 1.29 is 14.2 Å². The van der Waals surface area contributed by atoms with Crippen molar-refractivity contribution >= 4 is 15.9 Å². The summed E-state index contributed by atoms with van der Waals surface area (Å²) in [5, 5.41) is 0.759. The number of para-hydroxylation sites is 1. The molecule has 106 valence electrons. The fourth-order valence-electron chi connectivity index (χ4n) is 2.21. The van der Waals surface area contributed by atoms with Gasteiger partial charge in [0.15, 0.2) is 11.5 Å². The van der Waals surface area contributed by atoms with Crippen molar-refractivity contribution in [2.45, 2.75) is 37.6 Å². The number of hydrogen-bond donors (Lipinski definition) is 0. The van der Waals surface area contributed by atoms with Crippen molar-refractivity contribution in [3.63, 3.8) is 0 Å². The van der Waals surface area contributed by atoms with Crippen molar-refractivity contribution in [1.82, 2.24) is 0 Å².